The summed E-state index contributed by atoms with van der Waals surface area (Å²) < 4.78 is 65.6. The van der Waals surface area contributed by atoms with Gasteiger partial charge < -0.3 is 4.57 Å². The maximum absolute atomic E-state index is 12.8. The Morgan fingerprint density at radius 3 is 2.39 bits per heavy atom. The van der Waals surface area contributed by atoms with E-state index in [1.54, 1.807) is 0 Å². The molecule has 1 fully saturated rings. The highest BCUT2D eigenvalue weighted by Gasteiger charge is 2.38. The molecule has 0 aliphatic carbocycles. The lowest BCUT2D eigenvalue weighted by Gasteiger charge is -2.15. The monoisotopic (exact) mass is 437 g/mol. The number of alkyl halides is 3. The van der Waals surface area contributed by atoms with Crippen LogP contribution in [0.1, 0.15) is 18.7 Å². The Bertz CT molecular complexity index is 1020. The first-order valence-electron chi connectivity index (χ1n) is 7.95. The molecule has 0 N–H and O–H groups in total. The molecule has 0 bridgehead atoms. The molecule has 1 saturated heterocycles. The molecule has 0 saturated carbocycles. The zero-order chi connectivity index (χ0) is 20.7. The minimum Gasteiger partial charge on any atom is -0.301 e. The van der Waals surface area contributed by atoms with Crippen molar-refractivity contribution >= 4 is 27.5 Å². The number of aromatic nitrogens is 3. The Kier molecular flexibility index (Phi) is 5.38. The Morgan fingerprint density at radius 1 is 1.21 bits per heavy atom. The van der Waals surface area contributed by atoms with E-state index in [2.05, 4.69) is 10.2 Å². The Balaban J connectivity index is 1.97. The van der Waals surface area contributed by atoms with E-state index >= 15 is 0 Å². The lowest BCUT2D eigenvalue weighted by molar-refractivity contribution is -0.388. The van der Waals surface area contributed by atoms with Gasteiger partial charge in [0.05, 0.1) is 14.7 Å². The summed E-state index contributed by atoms with van der Waals surface area (Å²) in [6.45, 7) is 0.678. The number of hydrogen-bond acceptors (Lipinski definition) is 7. The van der Waals surface area contributed by atoms with Gasteiger partial charge in [-0.1, -0.05) is 0 Å². The van der Waals surface area contributed by atoms with Crippen molar-refractivity contribution in [2.45, 2.75) is 34.0 Å². The van der Waals surface area contributed by atoms with E-state index in [0.29, 0.717) is 42.3 Å². The summed E-state index contributed by atoms with van der Waals surface area (Å²) in [6, 6.07) is 3.30. The molecule has 2 heterocycles. The highest BCUT2D eigenvalue weighted by molar-refractivity contribution is 7.99. The predicted octanol–water partition coefficient (Wildman–Crippen LogP) is 2.68. The third-order valence-corrected chi connectivity index (χ3v) is 7.12. The quantitative estimate of drug-likeness (QED) is 0.522. The van der Waals surface area contributed by atoms with Crippen LogP contribution in [0.3, 0.4) is 0 Å². The molecule has 0 amide bonds. The van der Waals surface area contributed by atoms with Gasteiger partial charge in [0.2, 0.25) is 15.8 Å². The normalized spacial score (nSPS) is 15.9. The molecule has 9 nitrogen and oxygen atoms in total. The van der Waals surface area contributed by atoms with Crippen LogP contribution in [-0.4, -0.2) is 45.5 Å². The Hall–Kier alpha value is -2.19. The van der Waals surface area contributed by atoms with Gasteiger partial charge in [-0.15, -0.1) is 10.2 Å². The molecule has 0 radical (unpaired) electrons. The van der Waals surface area contributed by atoms with E-state index in [-0.39, 0.29) is 14.9 Å². The van der Waals surface area contributed by atoms with Crippen molar-refractivity contribution in [2.24, 2.45) is 7.05 Å². The molecule has 2 aromatic rings. The number of nitro groups is 1. The number of nitrogens with zero attached hydrogens (tertiary/aromatic N) is 5. The maximum atomic E-state index is 12.8. The standard InChI is InChI=1S/C14H14F3N5O4S2/c1-20-12(14(15,16)17)18-19-13(20)27-11-5-4-9(8-10(11)22(23)24)28(25,26)21-6-2-3-7-21/h4-5,8H,2-3,6-7H2,1H3. The molecule has 0 spiro atoms. The molecule has 1 aliphatic rings. The SMILES string of the molecule is Cn1c(Sc2ccc(S(=O)(=O)N3CCCC3)cc2[N+](=O)[O-])nnc1C(F)(F)F. The molecule has 152 valence electrons. The average molecular weight is 437 g/mol. The van der Waals surface area contributed by atoms with E-state index in [0.717, 1.165) is 13.1 Å². The molecule has 28 heavy (non-hydrogen) atoms. The first kappa shape index (κ1) is 20.5. The number of halogens is 3. The number of nitro benzene ring substituents is 1. The van der Waals surface area contributed by atoms with Crippen LogP contribution >= 0.6 is 11.8 Å². The second-order valence-corrected chi connectivity index (χ2v) is 8.91. The first-order valence-corrected chi connectivity index (χ1v) is 10.2. The lowest BCUT2D eigenvalue weighted by Crippen LogP contribution is -2.27. The van der Waals surface area contributed by atoms with Crippen molar-refractivity contribution in [3.8, 4) is 0 Å². The second-order valence-electron chi connectivity index (χ2n) is 5.96. The van der Waals surface area contributed by atoms with Crippen molar-refractivity contribution in [1.29, 1.82) is 0 Å². The van der Waals surface area contributed by atoms with Crippen molar-refractivity contribution in [1.82, 2.24) is 19.1 Å². The molecule has 1 aliphatic heterocycles. The van der Waals surface area contributed by atoms with Crippen molar-refractivity contribution in [3.05, 3.63) is 34.1 Å². The Morgan fingerprint density at radius 2 is 1.86 bits per heavy atom. The highest BCUT2D eigenvalue weighted by atomic mass is 32.2. The van der Waals surface area contributed by atoms with E-state index in [9.17, 15) is 31.7 Å². The second kappa shape index (κ2) is 7.33. The Labute approximate surface area is 161 Å². The fourth-order valence-electron chi connectivity index (χ4n) is 2.71. The van der Waals surface area contributed by atoms with Gasteiger partial charge in [0.15, 0.2) is 5.16 Å². The molecule has 1 aromatic carbocycles. The minimum absolute atomic E-state index is 0.0467. The molecule has 0 unspecified atom stereocenters. The van der Waals surface area contributed by atoms with Gasteiger partial charge in [-0.2, -0.15) is 17.5 Å². The number of sulfonamides is 1. The van der Waals surface area contributed by atoms with Gasteiger partial charge in [-0.25, -0.2) is 8.42 Å². The molecular formula is C14H14F3N5O4S2. The van der Waals surface area contributed by atoms with Crippen LogP contribution in [-0.2, 0) is 23.2 Å². The highest BCUT2D eigenvalue weighted by Crippen LogP contribution is 2.37. The topological polar surface area (TPSA) is 111 Å². The number of rotatable bonds is 5. The summed E-state index contributed by atoms with van der Waals surface area (Å²) in [7, 11) is -2.78. The van der Waals surface area contributed by atoms with Crippen LogP contribution < -0.4 is 0 Å². The van der Waals surface area contributed by atoms with E-state index in [1.807, 2.05) is 0 Å². The number of hydrogen-bond donors (Lipinski definition) is 0. The summed E-state index contributed by atoms with van der Waals surface area (Å²) in [5.74, 6) is -1.24. The summed E-state index contributed by atoms with van der Waals surface area (Å²) in [6.07, 6.45) is -3.30. The molecule has 3 rings (SSSR count). The third-order valence-electron chi connectivity index (χ3n) is 4.12. The molecule has 14 heteroatoms. The van der Waals surface area contributed by atoms with E-state index < -0.39 is 32.6 Å². The van der Waals surface area contributed by atoms with Crippen LogP contribution in [0, 0.1) is 10.1 Å². The smallest absolute Gasteiger partial charge is 0.301 e. The van der Waals surface area contributed by atoms with Crippen LogP contribution in [0.15, 0.2) is 33.1 Å². The zero-order valence-corrected chi connectivity index (χ0v) is 16.0. The molecule has 0 atom stereocenters. The van der Waals surface area contributed by atoms with E-state index in [4.69, 9.17) is 0 Å². The maximum Gasteiger partial charge on any atom is 0.451 e. The lowest BCUT2D eigenvalue weighted by atomic mass is 10.3. The first-order chi connectivity index (χ1) is 13.0. The summed E-state index contributed by atoms with van der Waals surface area (Å²) in [4.78, 5) is 10.4. The van der Waals surface area contributed by atoms with Gasteiger partial charge in [0, 0.05) is 26.2 Å². The van der Waals surface area contributed by atoms with Gasteiger partial charge in [-0.3, -0.25) is 10.1 Å². The van der Waals surface area contributed by atoms with E-state index in [1.165, 1.54) is 16.4 Å². The fraction of sp³-hybridized carbons (Fsp3) is 0.429. The van der Waals surface area contributed by atoms with Gasteiger partial charge >= 0.3 is 6.18 Å². The van der Waals surface area contributed by atoms with Crippen LogP contribution in [0.2, 0.25) is 0 Å². The zero-order valence-electron chi connectivity index (χ0n) is 14.4. The van der Waals surface area contributed by atoms with Crippen molar-refractivity contribution in [3.63, 3.8) is 0 Å². The third kappa shape index (κ3) is 3.84. The van der Waals surface area contributed by atoms with Crippen LogP contribution in [0.5, 0.6) is 0 Å². The van der Waals surface area contributed by atoms with Crippen molar-refractivity contribution in [2.75, 3.05) is 13.1 Å². The summed E-state index contributed by atoms with van der Waals surface area (Å²) >= 11 is 0.597. The minimum atomic E-state index is -4.72. The summed E-state index contributed by atoms with van der Waals surface area (Å²) in [5.41, 5.74) is -0.540. The van der Waals surface area contributed by atoms with Gasteiger partial charge in [-0.05, 0) is 36.7 Å². The summed E-state index contributed by atoms with van der Waals surface area (Å²) in [5, 5.41) is 17.7. The predicted molar refractivity (Wildman–Crippen MR) is 91.2 cm³/mol. The van der Waals surface area contributed by atoms with Crippen LogP contribution in [0.4, 0.5) is 18.9 Å². The van der Waals surface area contributed by atoms with Crippen LogP contribution in [0.25, 0.3) is 0 Å². The average Bonchev–Trinajstić information content (AvgIpc) is 3.25. The fourth-order valence-corrected chi connectivity index (χ4v) is 5.13. The van der Waals surface area contributed by atoms with Crippen molar-refractivity contribution < 1.29 is 26.5 Å². The molecule has 1 aromatic heterocycles. The number of benzene rings is 1. The largest absolute Gasteiger partial charge is 0.451 e. The van der Waals surface area contributed by atoms with Gasteiger partial charge in [0.25, 0.3) is 5.69 Å². The van der Waals surface area contributed by atoms with Gasteiger partial charge in [0.1, 0.15) is 0 Å². The molecular weight excluding hydrogens is 423 g/mol.